The van der Waals surface area contributed by atoms with Gasteiger partial charge in [-0.1, -0.05) is 55.5 Å². The summed E-state index contributed by atoms with van der Waals surface area (Å²) in [6.45, 7) is 4.81. The molecule has 0 aliphatic carbocycles. The van der Waals surface area contributed by atoms with Crippen LogP contribution in [0.15, 0.2) is 65.8 Å². The molecule has 0 heterocycles. The molecule has 0 fully saturated rings. The van der Waals surface area contributed by atoms with Gasteiger partial charge in [-0.3, -0.25) is 4.79 Å². The maximum Gasteiger partial charge on any atom is 0.293 e. The average molecular weight is 329 g/mol. The van der Waals surface area contributed by atoms with Gasteiger partial charge >= 0.3 is 0 Å². The predicted molar refractivity (Wildman–Crippen MR) is 99.7 cm³/mol. The highest BCUT2D eigenvalue weighted by molar-refractivity contribution is 7.84. The Morgan fingerprint density at radius 2 is 2.00 bits per heavy atom. The van der Waals surface area contributed by atoms with Crippen LogP contribution in [-0.4, -0.2) is 6.47 Å². The van der Waals surface area contributed by atoms with Gasteiger partial charge in [-0.25, -0.2) is 0 Å². The van der Waals surface area contributed by atoms with E-state index in [0.717, 1.165) is 28.1 Å². The summed E-state index contributed by atoms with van der Waals surface area (Å²) < 4.78 is 4.75. The van der Waals surface area contributed by atoms with Gasteiger partial charge in [0.05, 0.1) is 0 Å². The van der Waals surface area contributed by atoms with E-state index in [1.54, 1.807) is 0 Å². The molecule has 0 unspecified atom stereocenters. The zero-order chi connectivity index (χ0) is 16.9. The zero-order valence-electron chi connectivity index (χ0n) is 13.5. The Kier molecular flexibility index (Phi) is 9.32. The molecule has 4 heteroatoms. The highest BCUT2D eigenvalue weighted by atomic mass is 32.1. The SMILES string of the molecule is C\C=C/C=C\C(S)=C\N/C(=C/CC)c1ccc(COC=O)cc1. The van der Waals surface area contributed by atoms with Gasteiger partial charge in [0.2, 0.25) is 0 Å². The quantitative estimate of drug-likeness (QED) is 0.395. The Labute approximate surface area is 143 Å². The number of benzene rings is 1. The molecule has 1 aromatic carbocycles. The van der Waals surface area contributed by atoms with E-state index in [0.29, 0.717) is 13.1 Å². The van der Waals surface area contributed by atoms with E-state index >= 15 is 0 Å². The third-order valence-electron chi connectivity index (χ3n) is 2.94. The fourth-order valence-corrected chi connectivity index (χ4v) is 1.99. The van der Waals surface area contributed by atoms with Crippen molar-refractivity contribution in [3.8, 4) is 0 Å². The molecular weight excluding hydrogens is 306 g/mol. The van der Waals surface area contributed by atoms with Crippen LogP contribution in [0, 0.1) is 0 Å². The lowest BCUT2D eigenvalue weighted by atomic mass is 10.1. The Hall–Kier alpha value is -2.20. The van der Waals surface area contributed by atoms with Crippen LogP contribution >= 0.6 is 12.6 Å². The molecule has 0 saturated heterocycles. The number of carbonyl (C=O) groups is 1. The summed E-state index contributed by atoms with van der Waals surface area (Å²) in [6.07, 6.45) is 12.7. The largest absolute Gasteiger partial charge is 0.463 e. The van der Waals surface area contributed by atoms with Crippen molar-refractivity contribution in [3.63, 3.8) is 0 Å². The summed E-state index contributed by atoms with van der Waals surface area (Å²) in [6, 6.07) is 7.89. The molecule has 0 amide bonds. The van der Waals surface area contributed by atoms with E-state index in [1.807, 2.05) is 61.7 Å². The monoisotopic (exact) mass is 329 g/mol. The van der Waals surface area contributed by atoms with Gasteiger partial charge in [0, 0.05) is 16.8 Å². The van der Waals surface area contributed by atoms with Crippen molar-refractivity contribution in [1.82, 2.24) is 5.32 Å². The number of hydrogen-bond donors (Lipinski definition) is 2. The van der Waals surface area contributed by atoms with E-state index in [4.69, 9.17) is 4.74 Å². The molecule has 0 spiro atoms. The summed E-state index contributed by atoms with van der Waals surface area (Å²) in [5.41, 5.74) is 3.04. The molecule has 0 atom stereocenters. The van der Waals surface area contributed by atoms with Crippen LogP contribution in [0.4, 0.5) is 0 Å². The Morgan fingerprint density at radius 1 is 1.26 bits per heavy atom. The standard InChI is InChI=1S/C19H23NO2S/c1-3-5-6-8-18(23)13-20-19(7-4-2)17-11-9-16(10-12-17)14-22-15-21/h3,5-13,15,20,23H,4,14H2,1-2H3/b5-3-,8-6-,18-13-,19-7+. The number of carbonyl (C=O) groups excluding carboxylic acids is 1. The fraction of sp³-hybridized carbons (Fsp3) is 0.211. The normalized spacial score (nSPS) is 12.8. The molecule has 0 saturated carbocycles. The summed E-state index contributed by atoms with van der Waals surface area (Å²) in [5, 5.41) is 3.29. The number of hydrogen-bond acceptors (Lipinski definition) is 4. The van der Waals surface area contributed by atoms with Crippen LogP contribution in [0.3, 0.4) is 0 Å². The predicted octanol–water partition coefficient (Wildman–Crippen LogP) is 4.60. The highest BCUT2D eigenvalue weighted by Gasteiger charge is 2.00. The molecule has 0 aliphatic rings. The van der Waals surface area contributed by atoms with Crippen molar-refractivity contribution in [3.05, 3.63) is 76.9 Å². The first-order chi connectivity index (χ1) is 11.2. The minimum absolute atomic E-state index is 0.292. The summed E-state index contributed by atoms with van der Waals surface area (Å²) >= 11 is 4.41. The van der Waals surface area contributed by atoms with E-state index in [-0.39, 0.29) is 0 Å². The summed E-state index contributed by atoms with van der Waals surface area (Å²) in [7, 11) is 0. The lowest BCUT2D eigenvalue weighted by molar-refractivity contribution is -0.129. The number of nitrogens with one attached hydrogen (secondary N) is 1. The molecule has 0 aliphatic heterocycles. The van der Waals surface area contributed by atoms with Crippen molar-refractivity contribution >= 4 is 24.8 Å². The molecular formula is C19H23NO2S. The smallest absolute Gasteiger partial charge is 0.293 e. The van der Waals surface area contributed by atoms with Crippen molar-refractivity contribution < 1.29 is 9.53 Å². The molecule has 23 heavy (non-hydrogen) atoms. The first kappa shape index (κ1) is 18.8. The van der Waals surface area contributed by atoms with E-state index in [2.05, 4.69) is 30.9 Å². The van der Waals surface area contributed by atoms with Gasteiger partial charge in [0.1, 0.15) is 6.61 Å². The van der Waals surface area contributed by atoms with Crippen LogP contribution in [0.25, 0.3) is 5.70 Å². The third-order valence-corrected chi connectivity index (χ3v) is 3.22. The third kappa shape index (κ3) is 7.56. The van der Waals surface area contributed by atoms with E-state index in [9.17, 15) is 4.79 Å². The Balaban J connectivity index is 2.80. The maximum absolute atomic E-state index is 10.2. The molecule has 3 nitrogen and oxygen atoms in total. The van der Waals surface area contributed by atoms with Crippen LogP contribution in [0.5, 0.6) is 0 Å². The average Bonchev–Trinajstić information content (AvgIpc) is 2.57. The number of allylic oxidation sites excluding steroid dienone is 5. The zero-order valence-corrected chi connectivity index (χ0v) is 14.4. The van der Waals surface area contributed by atoms with Gasteiger partial charge < -0.3 is 10.1 Å². The lowest BCUT2D eigenvalue weighted by Gasteiger charge is -2.09. The molecule has 0 aromatic heterocycles. The van der Waals surface area contributed by atoms with Gasteiger partial charge in [-0.05, 0) is 30.5 Å². The second-order valence-corrected chi connectivity index (χ2v) is 5.25. The molecule has 1 rings (SSSR count). The van der Waals surface area contributed by atoms with Crippen LogP contribution in [-0.2, 0) is 16.1 Å². The Morgan fingerprint density at radius 3 is 2.61 bits per heavy atom. The van der Waals surface area contributed by atoms with Gasteiger partial charge in [-0.2, -0.15) is 0 Å². The minimum Gasteiger partial charge on any atom is -0.463 e. The second kappa shape index (κ2) is 11.4. The topological polar surface area (TPSA) is 38.3 Å². The summed E-state index contributed by atoms with van der Waals surface area (Å²) in [5.74, 6) is 0. The van der Waals surface area contributed by atoms with Crippen LogP contribution in [0.1, 0.15) is 31.4 Å². The molecule has 0 bridgehead atoms. The molecule has 1 N–H and O–H groups in total. The second-order valence-electron chi connectivity index (χ2n) is 4.73. The van der Waals surface area contributed by atoms with Crippen molar-refractivity contribution in [2.24, 2.45) is 0 Å². The minimum atomic E-state index is 0.292. The molecule has 122 valence electrons. The van der Waals surface area contributed by atoms with Crippen LogP contribution < -0.4 is 5.32 Å². The first-order valence-corrected chi connectivity index (χ1v) is 7.95. The fourth-order valence-electron chi connectivity index (χ4n) is 1.84. The Bertz CT molecular complexity index is 598. The van der Waals surface area contributed by atoms with E-state index < -0.39 is 0 Å². The number of rotatable bonds is 9. The lowest BCUT2D eigenvalue weighted by Crippen LogP contribution is -2.04. The first-order valence-electron chi connectivity index (χ1n) is 7.51. The molecule has 1 aromatic rings. The number of ether oxygens (including phenoxy) is 1. The van der Waals surface area contributed by atoms with Gasteiger partial charge in [-0.15, -0.1) is 12.6 Å². The summed E-state index contributed by atoms with van der Waals surface area (Å²) in [4.78, 5) is 11.1. The van der Waals surface area contributed by atoms with Crippen molar-refractivity contribution in [2.75, 3.05) is 0 Å². The molecule has 0 radical (unpaired) electrons. The highest BCUT2D eigenvalue weighted by Crippen LogP contribution is 2.15. The van der Waals surface area contributed by atoms with Crippen LogP contribution in [0.2, 0.25) is 0 Å². The van der Waals surface area contributed by atoms with E-state index in [1.165, 1.54) is 0 Å². The maximum atomic E-state index is 10.2. The number of thiol groups is 1. The van der Waals surface area contributed by atoms with Gasteiger partial charge in [0.25, 0.3) is 6.47 Å². The van der Waals surface area contributed by atoms with Crippen molar-refractivity contribution in [1.29, 1.82) is 0 Å². The van der Waals surface area contributed by atoms with Gasteiger partial charge in [0.15, 0.2) is 0 Å². The van der Waals surface area contributed by atoms with Crippen molar-refractivity contribution in [2.45, 2.75) is 26.9 Å².